The molecule has 4 heteroatoms. The molecule has 0 atom stereocenters. The normalized spacial score (nSPS) is 11.8. The molecule has 0 unspecified atom stereocenters. The molecular formula is C74H46N4. The Morgan fingerprint density at radius 2 is 0.731 bits per heavy atom. The first-order valence-electron chi connectivity index (χ1n) is 26.7. The number of rotatable bonds is 9. The molecule has 14 aromatic rings. The number of anilines is 6. The fourth-order valence-corrected chi connectivity index (χ4v) is 12.9. The van der Waals surface area contributed by atoms with Gasteiger partial charge in [-0.05, 0) is 179 Å². The lowest BCUT2D eigenvalue weighted by Crippen LogP contribution is -2.11. The highest BCUT2D eigenvalue weighted by Gasteiger charge is 2.27. The zero-order chi connectivity index (χ0) is 51.3. The molecule has 2 aromatic heterocycles. The van der Waals surface area contributed by atoms with Crippen LogP contribution in [0.5, 0.6) is 0 Å². The largest absolute Gasteiger partial charge is 0.310 e. The van der Waals surface area contributed by atoms with Gasteiger partial charge in [0.05, 0.1) is 16.9 Å². The summed E-state index contributed by atoms with van der Waals surface area (Å²) in [7, 11) is 0. The molecule has 0 fully saturated rings. The van der Waals surface area contributed by atoms with Gasteiger partial charge in [0, 0.05) is 63.1 Å². The molecule has 0 saturated heterocycles. The molecule has 2 aliphatic rings. The maximum atomic E-state index is 5.18. The second-order valence-corrected chi connectivity index (χ2v) is 20.4. The van der Waals surface area contributed by atoms with Crippen molar-refractivity contribution >= 4 is 77.3 Å². The van der Waals surface area contributed by atoms with Gasteiger partial charge in [-0.25, -0.2) is 0 Å². The summed E-state index contributed by atoms with van der Waals surface area (Å²) in [6.07, 6.45) is 5.75. The SMILES string of the molecule is c1ccc(N(c2cccc(-c3ccc4c5c(cccc35)-c3cc(-c5ccc(N(c6ccccc6)c6cccc(-c7ccc8c9c(cccc79)-c7ccccc7-8)c6)c6cccnc56)ccc3-4)c2)c2cccc3cnccc23)cc1. The van der Waals surface area contributed by atoms with Crippen molar-refractivity contribution in [2.75, 3.05) is 9.80 Å². The molecule has 12 aromatic carbocycles. The zero-order valence-corrected chi connectivity index (χ0v) is 42.3. The summed E-state index contributed by atoms with van der Waals surface area (Å²) < 4.78 is 0. The van der Waals surface area contributed by atoms with Gasteiger partial charge in [-0.15, -0.1) is 0 Å². The standard InChI is InChI=1S/C74H46N4/c1-3-18-51(19-4-1)77(70-31-11-17-50-46-75-42-40-57(50)70)53-22-9-15-47(43-53)56-35-37-67-61-33-32-49(45-69(61)65-29-13-27-63(56)73(65)67)58-38-39-71(68-30-14-41-76-74(58)68)78(52-20-5-2-6-21-52)54-23-10-16-48(44-54)55-34-36-66-60-25-8-7-24-59(60)64-28-12-26-62(55)72(64)66/h1-46H. The Labute approximate surface area is 452 Å². The van der Waals surface area contributed by atoms with E-state index in [0.717, 1.165) is 72.5 Å². The van der Waals surface area contributed by atoms with Gasteiger partial charge in [-0.3, -0.25) is 9.97 Å². The molecule has 0 aliphatic heterocycles. The van der Waals surface area contributed by atoms with Crippen molar-refractivity contribution in [2.45, 2.75) is 0 Å². The third-order valence-corrected chi connectivity index (χ3v) is 16.2. The minimum Gasteiger partial charge on any atom is -0.310 e. The second kappa shape index (κ2) is 17.6. The Morgan fingerprint density at radius 1 is 0.256 bits per heavy atom. The molecule has 0 radical (unpaired) electrons. The van der Waals surface area contributed by atoms with E-state index < -0.39 is 0 Å². The maximum Gasteiger partial charge on any atom is 0.0801 e. The summed E-state index contributed by atoms with van der Waals surface area (Å²) in [6, 6.07) is 95.4. The highest BCUT2D eigenvalue weighted by Crippen LogP contribution is 2.53. The van der Waals surface area contributed by atoms with E-state index in [-0.39, 0.29) is 0 Å². The highest BCUT2D eigenvalue weighted by molar-refractivity contribution is 6.21. The van der Waals surface area contributed by atoms with Gasteiger partial charge in [0.1, 0.15) is 0 Å². The van der Waals surface area contributed by atoms with E-state index in [1.165, 1.54) is 82.7 Å². The van der Waals surface area contributed by atoms with Crippen LogP contribution >= 0.6 is 0 Å². The van der Waals surface area contributed by atoms with E-state index in [0.29, 0.717) is 0 Å². The smallest absolute Gasteiger partial charge is 0.0801 e. The second-order valence-electron chi connectivity index (χ2n) is 20.4. The van der Waals surface area contributed by atoms with Crippen LogP contribution in [0.1, 0.15) is 0 Å². The van der Waals surface area contributed by atoms with E-state index >= 15 is 0 Å². The Bertz CT molecular complexity index is 4720. The van der Waals surface area contributed by atoms with E-state index in [2.05, 4.69) is 276 Å². The molecule has 0 bridgehead atoms. The van der Waals surface area contributed by atoms with Gasteiger partial charge in [0.2, 0.25) is 0 Å². The first-order valence-corrected chi connectivity index (χ1v) is 26.7. The molecule has 0 N–H and O–H groups in total. The lowest BCUT2D eigenvalue weighted by atomic mass is 9.93. The summed E-state index contributed by atoms with van der Waals surface area (Å²) in [5.41, 5.74) is 24.7. The van der Waals surface area contributed by atoms with Gasteiger partial charge < -0.3 is 9.80 Å². The Balaban J connectivity index is 0.782. The number of hydrogen-bond donors (Lipinski definition) is 0. The molecule has 78 heavy (non-hydrogen) atoms. The number of hydrogen-bond acceptors (Lipinski definition) is 4. The van der Waals surface area contributed by atoms with Crippen LogP contribution < -0.4 is 9.80 Å². The van der Waals surface area contributed by atoms with Gasteiger partial charge in [0.25, 0.3) is 0 Å². The summed E-state index contributed by atoms with van der Waals surface area (Å²) in [5.74, 6) is 0. The Hall–Kier alpha value is -10.4. The predicted molar refractivity (Wildman–Crippen MR) is 327 cm³/mol. The van der Waals surface area contributed by atoms with E-state index in [9.17, 15) is 0 Å². The Kier molecular flexibility index (Phi) is 9.91. The Morgan fingerprint density at radius 3 is 1.38 bits per heavy atom. The lowest BCUT2D eigenvalue weighted by molar-refractivity contribution is 1.29. The molecule has 4 nitrogen and oxygen atoms in total. The van der Waals surface area contributed by atoms with Gasteiger partial charge in [-0.1, -0.05) is 176 Å². The van der Waals surface area contributed by atoms with E-state index in [1.807, 2.05) is 18.6 Å². The summed E-state index contributed by atoms with van der Waals surface area (Å²) in [5, 5.41) is 8.45. The maximum absolute atomic E-state index is 5.18. The molecule has 16 rings (SSSR count). The number of pyridine rings is 2. The van der Waals surface area contributed by atoms with Crippen molar-refractivity contribution in [2.24, 2.45) is 0 Å². The van der Waals surface area contributed by atoms with Crippen LogP contribution in [-0.4, -0.2) is 9.97 Å². The number of aromatic nitrogens is 2. The number of benzene rings is 12. The van der Waals surface area contributed by atoms with Crippen LogP contribution in [0.2, 0.25) is 0 Å². The quantitative estimate of drug-likeness (QED) is 0.144. The molecule has 0 saturated carbocycles. The molecule has 0 amide bonds. The van der Waals surface area contributed by atoms with Crippen LogP contribution in [0.3, 0.4) is 0 Å². The zero-order valence-electron chi connectivity index (χ0n) is 42.3. The first kappa shape index (κ1) is 43.9. The van der Waals surface area contributed by atoms with Crippen molar-refractivity contribution < 1.29 is 0 Å². The molecule has 2 aliphatic carbocycles. The van der Waals surface area contributed by atoms with Crippen molar-refractivity contribution in [1.82, 2.24) is 9.97 Å². The van der Waals surface area contributed by atoms with Crippen LogP contribution in [0.25, 0.3) is 121 Å². The number of fused-ring (bicyclic) bond motifs is 8. The molecule has 0 spiro atoms. The third kappa shape index (κ3) is 6.80. The van der Waals surface area contributed by atoms with E-state index in [1.54, 1.807) is 0 Å². The van der Waals surface area contributed by atoms with Crippen molar-refractivity contribution in [3.8, 4) is 77.9 Å². The average Bonchev–Trinajstić information content (AvgIpc) is 4.21. The topological polar surface area (TPSA) is 32.3 Å². The first-order chi connectivity index (χ1) is 38.7. The molecule has 362 valence electrons. The minimum absolute atomic E-state index is 0.958. The summed E-state index contributed by atoms with van der Waals surface area (Å²) >= 11 is 0. The van der Waals surface area contributed by atoms with Gasteiger partial charge in [-0.2, -0.15) is 0 Å². The lowest BCUT2D eigenvalue weighted by Gasteiger charge is -2.28. The summed E-state index contributed by atoms with van der Waals surface area (Å²) in [6.45, 7) is 0. The van der Waals surface area contributed by atoms with Gasteiger partial charge >= 0.3 is 0 Å². The van der Waals surface area contributed by atoms with Crippen molar-refractivity contribution in [3.63, 3.8) is 0 Å². The summed E-state index contributed by atoms with van der Waals surface area (Å²) in [4.78, 5) is 14.4. The van der Waals surface area contributed by atoms with E-state index in [4.69, 9.17) is 4.98 Å². The van der Waals surface area contributed by atoms with Crippen LogP contribution in [0.4, 0.5) is 34.1 Å². The minimum atomic E-state index is 0.958. The van der Waals surface area contributed by atoms with Crippen molar-refractivity contribution in [1.29, 1.82) is 0 Å². The molecular weight excluding hydrogens is 945 g/mol. The number of nitrogens with zero attached hydrogens (tertiary/aromatic N) is 4. The highest BCUT2D eigenvalue weighted by atomic mass is 15.1. The third-order valence-electron chi connectivity index (χ3n) is 16.2. The van der Waals surface area contributed by atoms with Gasteiger partial charge in [0.15, 0.2) is 0 Å². The average molecular weight is 991 g/mol. The number of para-hydroxylation sites is 2. The monoisotopic (exact) mass is 990 g/mol. The fraction of sp³-hybridized carbons (Fsp3) is 0. The predicted octanol–water partition coefficient (Wildman–Crippen LogP) is 20.3. The van der Waals surface area contributed by atoms with Crippen LogP contribution in [0.15, 0.2) is 279 Å². The molecule has 2 heterocycles. The fourth-order valence-electron chi connectivity index (χ4n) is 12.9. The van der Waals surface area contributed by atoms with Crippen LogP contribution in [0, 0.1) is 0 Å². The van der Waals surface area contributed by atoms with Crippen LogP contribution in [-0.2, 0) is 0 Å². The van der Waals surface area contributed by atoms with Crippen molar-refractivity contribution in [3.05, 3.63) is 279 Å².